The first-order valence-electron chi connectivity index (χ1n) is 16.4. The quantitative estimate of drug-likeness (QED) is 0.0668. The van der Waals surface area contributed by atoms with Gasteiger partial charge >= 0.3 is 0 Å². The van der Waals surface area contributed by atoms with Gasteiger partial charge in [-0.1, -0.05) is 146 Å². The van der Waals surface area contributed by atoms with Crippen molar-refractivity contribution in [2.24, 2.45) is 0 Å². The van der Waals surface area contributed by atoms with Crippen molar-refractivity contribution in [1.29, 1.82) is 0 Å². The molecule has 1 heterocycles. The molecule has 220 valence electrons. The Kier molecular flexibility index (Phi) is 12.9. The summed E-state index contributed by atoms with van der Waals surface area (Å²) in [7, 11) is 0. The molecular weight excluding hydrogens is 523 g/mol. The number of fused-ring (bicyclic) bond motifs is 3. The van der Waals surface area contributed by atoms with Crippen molar-refractivity contribution >= 4 is 34.0 Å². The lowest BCUT2D eigenvalue weighted by molar-refractivity contribution is 0.533. The highest BCUT2D eigenvalue weighted by Crippen LogP contribution is 2.33. The Balaban J connectivity index is 1.39. The highest BCUT2D eigenvalue weighted by atomic mass is 32.1. The van der Waals surface area contributed by atoms with Crippen LogP contribution >= 0.6 is 12.2 Å². The minimum absolute atomic E-state index is 0.251. The van der Waals surface area contributed by atoms with Gasteiger partial charge in [-0.2, -0.15) is 0 Å². The van der Waals surface area contributed by atoms with Crippen molar-refractivity contribution in [2.75, 3.05) is 0 Å². The molecular formula is C38H49FOS. The van der Waals surface area contributed by atoms with Crippen molar-refractivity contribution in [3.05, 3.63) is 76.2 Å². The van der Waals surface area contributed by atoms with Gasteiger partial charge in [0, 0.05) is 10.8 Å². The van der Waals surface area contributed by atoms with Gasteiger partial charge in [0.1, 0.15) is 0 Å². The van der Waals surface area contributed by atoms with Crippen LogP contribution in [-0.2, 0) is 12.8 Å². The molecule has 0 spiro atoms. The lowest BCUT2D eigenvalue weighted by Gasteiger charge is -2.10. The number of hydrogen-bond donors (Lipinski definition) is 0. The van der Waals surface area contributed by atoms with Gasteiger partial charge < -0.3 is 4.42 Å². The van der Waals surface area contributed by atoms with E-state index < -0.39 is 0 Å². The number of benzene rings is 3. The van der Waals surface area contributed by atoms with E-state index >= 15 is 4.39 Å². The molecule has 0 aliphatic rings. The highest BCUT2D eigenvalue weighted by molar-refractivity contribution is 7.71. The molecule has 3 aromatic carbocycles. The monoisotopic (exact) mass is 572 g/mol. The molecule has 1 nitrogen and oxygen atoms in total. The van der Waals surface area contributed by atoms with Gasteiger partial charge in [-0.05, 0) is 71.6 Å². The maximum Gasteiger partial charge on any atom is 0.198 e. The molecule has 0 N–H and O–H groups in total. The highest BCUT2D eigenvalue weighted by Gasteiger charge is 2.14. The van der Waals surface area contributed by atoms with E-state index in [9.17, 15) is 0 Å². The van der Waals surface area contributed by atoms with E-state index in [0.29, 0.717) is 10.3 Å². The predicted molar refractivity (Wildman–Crippen MR) is 178 cm³/mol. The number of aryl methyl sites for hydroxylation is 2. The zero-order valence-corrected chi connectivity index (χ0v) is 26.2. The van der Waals surface area contributed by atoms with Crippen LogP contribution < -0.4 is 0 Å². The molecule has 1 aromatic heterocycles. The van der Waals surface area contributed by atoms with Gasteiger partial charge in [-0.15, -0.1) is 0 Å². The first-order valence-corrected chi connectivity index (χ1v) is 16.8. The lowest BCUT2D eigenvalue weighted by Crippen LogP contribution is -1.94. The second kappa shape index (κ2) is 16.8. The molecule has 0 saturated carbocycles. The first kappa shape index (κ1) is 31.4. The predicted octanol–water partition coefficient (Wildman–Crippen LogP) is 13.1. The SMILES string of the molecule is CCCCCCCCCCc1ccc2c(oc(=S)c3cc(-c4ccc(CCCCCCCCC)cc4)ccc32)c1F. The Morgan fingerprint density at radius 1 is 0.561 bits per heavy atom. The zero-order chi connectivity index (χ0) is 28.9. The fourth-order valence-corrected chi connectivity index (χ4v) is 6.23. The van der Waals surface area contributed by atoms with Crippen molar-refractivity contribution in [2.45, 2.75) is 123 Å². The molecule has 0 fully saturated rings. The fourth-order valence-electron chi connectivity index (χ4n) is 5.98. The molecule has 0 atom stereocenters. The molecule has 0 radical (unpaired) electrons. The molecule has 0 saturated heterocycles. The number of hydrogen-bond acceptors (Lipinski definition) is 2. The Bertz CT molecular complexity index is 1420. The van der Waals surface area contributed by atoms with Gasteiger partial charge in [0.25, 0.3) is 0 Å². The summed E-state index contributed by atoms with van der Waals surface area (Å²) in [6.07, 6.45) is 21.2. The van der Waals surface area contributed by atoms with Crippen LogP contribution in [0.15, 0.2) is 59.0 Å². The molecule has 0 bridgehead atoms. The minimum Gasteiger partial charge on any atom is -0.441 e. The van der Waals surface area contributed by atoms with Crippen molar-refractivity contribution in [3.8, 4) is 11.1 Å². The van der Waals surface area contributed by atoms with Crippen LogP contribution in [0.1, 0.15) is 121 Å². The molecule has 4 rings (SSSR count). The molecule has 0 amide bonds. The summed E-state index contributed by atoms with van der Waals surface area (Å²) >= 11 is 5.64. The second-order valence-electron chi connectivity index (χ2n) is 11.9. The van der Waals surface area contributed by atoms with Gasteiger partial charge in [0.05, 0.1) is 0 Å². The van der Waals surface area contributed by atoms with Crippen LogP contribution in [0.4, 0.5) is 4.39 Å². The summed E-state index contributed by atoms with van der Waals surface area (Å²) in [5.74, 6) is -0.251. The van der Waals surface area contributed by atoms with Crippen LogP contribution in [0.3, 0.4) is 0 Å². The van der Waals surface area contributed by atoms with E-state index in [1.54, 1.807) is 0 Å². The largest absolute Gasteiger partial charge is 0.441 e. The third-order valence-corrected chi connectivity index (χ3v) is 8.86. The normalized spacial score (nSPS) is 11.6. The van der Waals surface area contributed by atoms with Crippen molar-refractivity contribution in [1.82, 2.24) is 0 Å². The van der Waals surface area contributed by atoms with Crippen LogP contribution in [0.2, 0.25) is 0 Å². The van der Waals surface area contributed by atoms with Crippen molar-refractivity contribution in [3.63, 3.8) is 0 Å². The molecule has 0 aliphatic heterocycles. The number of halogens is 1. The summed E-state index contributed by atoms with van der Waals surface area (Å²) in [4.78, 5) is 0. The van der Waals surface area contributed by atoms with Crippen LogP contribution in [0.25, 0.3) is 32.9 Å². The summed E-state index contributed by atoms with van der Waals surface area (Å²) in [5, 5.41) is 2.61. The van der Waals surface area contributed by atoms with E-state index in [0.717, 1.165) is 58.5 Å². The Labute approximate surface area is 252 Å². The second-order valence-corrected chi connectivity index (χ2v) is 12.2. The number of rotatable bonds is 18. The first-order chi connectivity index (χ1) is 20.1. The molecule has 41 heavy (non-hydrogen) atoms. The Morgan fingerprint density at radius 3 is 1.73 bits per heavy atom. The standard InChI is InChI=1S/C38H49FOS/c1-3-5-7-9-11-13-15-17-19-31-24-27-34-33-26-25-32(28-35(33)38(41)40-37(34)36(31)39)30-22-20-29(21-23-30)18-16-14-12-10-8-6-4-2/h20-28H,3-19H2,1-2H3. The molecule has 4 aromatic rings. The van der Waals surface area contributed by atoms with E-state index in [4.69, 9.17) is 16.6 Å². The maximum atomic E-state index is 15.5. The smallest absolute Gasteiger partial charge is 0.198 e. The average Bonchev–Trinajstić information content (AvgIpc) is 2.99. The zero-order valence-electron chi connectivity index (χ0n) is 25.4. The van der Waals surface area contributed by atoms with Crippen molar-refractivity contribution < 1.29 is 8.81 Å². The summed E-state index contributed by atoms with van der Waals surface area (Å²) in [6.45, 7) is 4.51. The average molecular weight is 573 g/mol. The molecule has 0 unspecified atom stereocenters. The summed E-state index contributed by atoms with van der Waals surface area (Å²) < 4.78 is 21.8. The van der Waals surface area contributed by atoms with E-state index in [1.807, 2.05) is 12.1 Å². The number of unbranched alkanes of at least 4 members (excludes halogenated alkanes) is 13. The van der Waals surface area contributed by atoms with Crippen LogP contribution in [0, 0.1) is 10.5 Å². The lowest BCUT2D eigenvalue weighted by atomic mass is 9.97. The fraction of sp³-hybridized carbons (Fsp3) is 0.500. The van der Waals surface area contributed by atoms with Crippen LogP contribution in [-0.4, -0.2) is 0 Å². The Morgan fingerprint density at radius 2 is 1.10 bits per heavy atom. The Hall–Kier alpha value is -2.52. The third-order valence-electron chi connectivity index (χ3n) is 8.56. The molecule has 0 aliphatic carbocycles. The summed E-state index contributed by atoms with van der Waals surface area (Å²) in [5.41, 5.74) is 4.69. The van der Waals surface area contributed by atoms with Gasteiger partial charge in [0.2, 0.25) is 0 Å². The minimum atomic E-state index is -0.251. The molecule has 3 heteroatoms. The van der Waals surface area contributed by atoms with Gasteiger partial charge in [-0.3, -0.25) is 0 Å². The third kappa shape index (κ3) is 8.98. The van der Waals surface area contributed by atoms with Crippen LogP contribution in [0.5, 0.6) is 0 Å². The van der Waals surface area contributed by atoms with E-state index in [1.165, 1.54) is 89.0 Å². The topological polar surface area (TPSA) is 13.1 Å². The van der Waals surface area contributed by atoms with Gasteiger partial charge in [0.15, 0.2) is 16.1 Å². The summed E-state index contributed by atoms with van der Waals surface area (Å²) in [6, 6.07) is 19.1. The van der Waals surface area contributed by atoms with E-state index in [2.05, 4.69) is 56.3 Å². The van der Waals surface area contributed by atoms with E-state index in [-0.39, 0.29) is 5.82 Å². The maximum absolute atomic E-state index is 15.5. The van der Waals surface area contributed by atoms with Gasteiger partial charge in [-0.25, -0.2) is 4.39 Å².